The van der Waals surface area contributed by atoms with Crippen LogP contribution in [0.5, 0.6) is 0 Å². The Morgan fingerprint density at radius 1 is 1.26 bits per heavy atom. The van der Waals surface area contributed by atoms with Gasteiger partial charge in [-0.1, -0.05) is 30.3 Å². The first-order valence-corrected chi connectivity index (χ1v) is 10.8. The van der Waals surface area contributed by atoms with E-state index < -0.39 is 9.84 Å². The van der Waals surface area contributed by atoms with Crippen molar-refractivity contribution in [2.75, 3.05) is 23.4 Å². The smallest absolute Gasteiger partial charge is 0.272 e. The van der Waals surface area contributed by atoms with Gasteiger partial charge >= 0.3 is 0 Å². The van der Waals surface area contributed by atoms with Crippen molar-refractivity contribution in [2.45, 2.75) is 32.9 Å². The lowest BCUT2D eigenvalue weighted by Crippen LogP contribution is -2.41. The number of nitrogens with one attached hydrogen (secondary N) is 1. The first-order valence-electron chi connectivity index (χ1n) is 9.03. The molecule has 1 N–H and O–H groups in total. The Balaban J connectivity index is 1.76. The molecule has 0 radical (unpaired) electrons. The summed E-state index contributed by atoms with van der Waals surface area (Å²) >= 11 is 0. The minimum Gasteiger partial charge on any atom is -0.366 e. The summed E-state index contributed by atoms with van der Waals surface area (Å²) in [6, 6.07) is 11.2. The number of carbonyl (C=O) groups excluding carboxylic acids is 1. The van der Waals surface area contributed by atoms with E-state index in [9.17, 15) is 13.2 Å². The molecule has 27 heavy (non-hydrogen) atoms. The van der Waals surface area contributed by atoms with Crippen LogP contribution in [0.3, 0.4) is 0 Å². The monoisotopic (exact) mass is 388 g/mol. The van der Waals surface area contributed by atoms with E-state index in [4.69, 9.17) is 0 Å². The van der Waals surface area contributed by atoms with Gasteiger partial charge in [-0.2, -0.15) is 0 Å². The molecule has 3 rings (SSSR count). The van der Waals surface area contributed by atoms with Crippen LogP contribution >= 0.6 is 0 Å². The number of aromatic nitrogens is 2. The van der Waals surface area contributed by atoms with Crippen LogP contribution in [0.4, 0.5) is 5.82 Å². The van der Waals surface area contributed by atoms with Crippen LogP contribution in [-0.2, 0) is 16.4 Å². The van der Waals surface area contributed by atoms with Crippen molar-refractivity contribution in [3.8, 4) is 0 Å². The second kappa shape index (κ2) is 8.04. The fraction of sp³-hybridized carbons (Fsp3) is 0.421. The number of carbonyl (C=O) groups is 1. The Bertz CT molecular complexity index is 916. The highest BCUT2D eigenvalue weighted by atomic mass is 32.2. The van der Waals surface area contributed by atoms with Crippen molar-refractivity contribution in [3.05, 3.63) is 53.5 Å². The zero-order valence-corrected chi connectivity index (χ0v) is 16.4. The molecule has 1 fully saturated rings. The van der Waals surface area contributed by atoms with Gasteiger partial charge in [0, 0.05) is 25.2 Å². The van der Waals surface area contributed by atoms with Gasteiger partial charge in [0.05, 0.1) is 11.5 Å². The zero-order valence-electron chi connectivity index (χ0n) is 15.6. The van der Waals surface area contributed by atoms with Gasteiger partial charge in [0.15, 0.2) is 9.84 Å². The van der Waals surface area contributed by atoms with E-state index >= 15 is 0 Å². The molecule has 1 atom stereocenters. The second-order valence-corrected chi connectivity index (χ2v) is 8.90. The summed E-state index contributed by atoms with van der Waals surface area (Å²) in [6.07, 6.45) is 0.477. The van der Waals surface area contributed by atoms with Crippen molar-refractivity contribution in [1.29, 1.82) is 0 Å². The number of hydrogen-bond acceptors (Lipinski definition) is 6. The fourth-order valence-corrected chi connectivity index (χ4v) is 5.02. The maximum Gasteiger partial charge on any atom is 0.272 e. The van der Waals surface area contributed by atoms with Crippen molar-refractivity contribution in [1.82, 2.24) is 14.9 Å². The summed E-state index contributed by atoms with van der Waals surface area (Å²) in [4.78, 5) is 23.2. The molecular formula is C19H24N4O3S. The van der Waals surface area contributed by atoms with Gasteiger partial charge in [-0.25, -0.2) is 18.4 Å². The van der Waals surface area contributed by atoms with Crippen LogP contribution in [0.1, 0.15) is 35.2 Å². The molecule has 0 saturated carbocycles. The number of nitrogens with zero attached hydrogens (tertiary/aromatic N) is 3. The Kier molecular flexibility index (Phi) is 5.74. The minimum absolute atomic E-state index is 0.0236. The van der Waals surface area contributed by atoms with E-state index in [1.807, 2.05) is 37.3 Å². The maximum absolute atomic E-state index is 13.0. The van der Waals surface area contributed by atoms with Crippen molar-refractivity contribution in [2.24, 2.45) is 0 Å². The molecule has 7 nitrogen and oxygen atoms in total. The summed E-state index contributed by atoms with van der Waals surface area (Å²) in [5.74, 6) is 0.966. The molecule has 0 aliphatic carbocycles. The summed E-state index contributed by atoms with van der Waals surface area (Å²) in [5.41, 5.74) is 1.39. The van der Waals surface area contributed by atoms with Crippen LogP contribution in [0.15, 0.2) is 36.4 Å². The number of anilines is 1. The van der Waals surface area contributed by atoms with Crippen LogP contribution in [0.2, 0.25) is 0 Å². The third-order valence-corrected chi connectivity index (χ3v) is 6.37. The molecule has 0 spiro atoms. The highest BCUT2D eigenvalue weighted by Gasteiger charge is 2.34. The number of benzene rings is 1. The van der Waals surface area contributed by atoms with E-state index in [1.165, 1.54) is 0 Å². The lowest BCUT2D eigenvalue weighted by Gasteiger charge is -2.26. The molecule has 1 aromatic heterocycles. The van der Waals surface area contributed by atoms with E-state index in [0.29, 0.717) is 31.2 Å². The number of aryl methyl sites for hydroxylation is 1. The summed E-state index contributed by atoms with van der Waals surface area (Å²) in [5, 5.41) is 3.22. The lowest BCUT2D eigenvalue weighted by molar-refractivity contribution is 0.0702. The predicted molar refractivity (Wildman–Crippen MR) is 104 cm³/mol. The standard InChI is InChI=1S/C19H24N4O3S/c1-3-23(16-9-10-27(25,26)13-16)19(24)17-11-18(22-14(2)21-17)20-12-15-7-5-4-6-8-15/h4-8,11,16H,3,9-10,12-13H2,1-2H3,(H,20,21,22). The average Bonchev–Trinajstić information content (AvgIpc) is 3.00. The van der Waals surface area contributed by atoms with Crippen LogP contribution in [-0.4, -0.2) is 53.3 Å². The summed E-state index contributed by atoms with van der Waals surface area (Å²) < 4.78 is 23.6. The zero-order chi connectivity index (χ0) is 19.4. The molecular weight excluding hydrogens is 364 g/mol. The molecule has 1 aliphatic rings. The highest BCUT2D eigenvalue weighted by molar-refractivity contribution is 7.91. The van der Waals surface area contributed by atoms with Gasteiger partial charge in [0.1, 0.15) is 17.3 Å². The Hall–Kier alpha value is -2.48. The van der Waals surface area contributed by atoms with Crippen LogP contribution < -0.4 is 5.32 Å². The van der Waals surface area contributed by atoms with Gasteiger partial charge in [0.25, 0.3) is 5.91 Å². The number of rotatable bonds is 6. The van der Waals surface area contributed by atoms with Gasteiger partial charge in [-0.15, -0.1) is 0 Å². The van der Waals surface area contributed by atoms with Crippen LogP contribution in [0.25, 0.3) is 0 Å². The SMILES string of the molecule is CCN(C(=O)c1cc(NCc2ccccc2)nc(C)n1)C1CCS(=O)(=O)C1. The first-order chi connectivity index (χ1) is 12.9. The number of hydrogen-bond donors (Lipinski definition) is 1. The molecule has 1 aromatic carbocycles. The Labute approximate surface area is 159 Å². The average molecular weight is 388 g/mol. The summed E-state index contributed by atoms with van der Waals surface area (Å²) in [6.45, 7) is 4.62. The molecule has 1 aliphatic heterocycles. The van der Waals surface area contributed by atoms with Gasteiger partial charge in [-0.05, 0) is 25.8 Å². The third-order valence-electron chi connectivity index (χ3n) is 4.62. The number of amides is 1. The molecule has 1 unspecified atom stereocenters. The normalized spacial score (nSPS) is 18.2. The quantitative estimate of drug-likeness (QED) is 0.814. The number of sulfone groups is 1. The predicted octanol–water partition coefficient (Wildman–Crippen LogP) is 2.05. The van der Waals surface area contributed by atoms with E-state index in [0.717, 1.165) is 5.56 Å². The van der Waals surface area contributed by atoms with Crippen molar-refractivity contribution in [3.63, 3.8) is 0 Å². The second-order valence-electron chi connectivity index (χ2n) is 6.67. The van der Waals surface area contributed by atoms with E-state index in [-0.39, 0.29) is 29.1 Å². The van der Waals surface area contributed by atoms with Gasteiger partial charge < -0.3 is 10.2 Å². The largest absolute Gasteiger partial charge is 0.366 e. The van der Waals surface area contributed by atoms with Crippen LogP contribution in [0, 0.1) is 6.92 Å². The molecule has 2 heterocycles. The third kappa shape index (κ3) is 4.82. The molecule has 144 valence electrons. The lowest BCUT2D eigenvalue weighted by atomic mass is 10.2. The van der Waals surface area contributed by atoms with Gasteiger partial charge in [0.2, 0.25) is 0 Å². The molecule has 0 bridgehead atoms. The fourth-order valence-electron chi connectivity index (χ4n) is 3.29. The molecule has 1 amide bonds. The molecule has 1 saturated heterocycles. The Morgan fingerprint density at radius 3 is 2.63 bits per heavy atom. The van der Waals surface area contributed by atoms with Crippen molar-refractivity contribution < 1.29 is 13.2 Å². The maximum atomic E-state index is 13.0. The van der Waals surface area contributed by atoms with Crippen molar-refractivity contribution >= 4 is 21.6 Å². The molecule has 2 aromatic rings. The topological polar surface area (TPSA) is 92.3 Å². The van der Waals surface area contributed by atoms with E-state index in [1.54, 1.807) is 17.9 Å². The Morgan fingerprint density at radius 2 is 2.00 bits per heavy atom. The van der Waals surface area contributed by atoms with E-state index in [2.05, 4.69) is 15.3 Å². The first kappa shape index (κ1) is 19.3. The minimum atomic E-state index is -3.06. The van der Waals surface area contributed by atoms with Gasteiger partial charge in [-0.3, -0.25) is 4.79 Å². The molecule has 8 heteroatoms. The summed E-state index contributed by atoms with van der Waals surface area (Å²) in [7, 11) is -3.06. The highest BCUT2D eigenvalue weighted by Crippen LogP contribution is 2.20.